The summed E-state index contributed by atoms with van der Waals surface area (Å²) >= 11 is 8.73. The molecule has 0 saturated carbocycles. The van der Waals surface area contributed by atoms with Gasteiger partial charge in [-0.1, -0.05) is 27.5 Å². The highest BCUT2D eigenvalue weighted by atomic mass is 79.9. The molecule has 0 bridgehead atoms. The van der Waals surface area contributed by atoms with E-state index in [0.29, 0.717) is 0 Å². The zero-order valence-corrected chi connectivity index (χ0v) is 12.3. The van der Waals surface area contributed by atoms with Crippen LogP contribution in [0.2, 0.25) is 5.02 Å². The Morgan fingerprint density at radius 2 is 2.05 bits per heavy atom. The van der Waals surface area contributed by atoms with Gasteiger partial charge in [0.1, 0.15) is 4.90 Å². The van der Waals surface area contributed by atoms with Crippen LogP contribution in [0.1, 0.15) is 10.4 Å². The molecule has 5 nitrogen and oxygen atoms in total. The summed E-state index contributed by atoms with van der Waals surface area (Å²) in [5.41, 5.74) is -0.263. The van der Waals surface area contributed by atoms with Crippen LogP contribution in [0.4, 0.5) is 8.78 Å². The van der Waals surface area contributed by atoms with E-state index in [9.17, 15) is 22.0 Å². The zero-order valence-electron chi connectivity index (χ0n) is 9.16. The van der Waals surface area contributed by atoms with Crippen LogP contribution < -0.4 is 10.5 Å². The molecule has 1 aromatic rings. The maximum atomic E-state index is 12.0. The number of nitrogens with two attached hydrogens (primary N) is 1. The van der Waals surface area contributed by atoms with E-state index in [1.165, 1.54) is 6.07 Å². The van der Waals surface area contributed by atoms with Gasteiger partial charge in [0.15, 0.2) is 0 Å². The largest absolute Gasteiger partial charge is 0.346 e. The van der Waals surface area contributed by atoms with E-state index in [1.54, 1.807) is 0 Å². The number of sulfonamides is 1. The van der Waals surface area contributed by atoms with E-state index >= 15 is 0 Å². The van der Waals surface area contributed by atoms with Crippen molar-refractivity contribution in [3.63, 3.8) is 0 Å². The first-order chi connectivity index (χ1) is 8.62. The lowest BCUT2D eigenvalue weighted by atomic mass is 10.2. The Balaban J connectivity index is 3.22. The summed E-state index contributed by atoms with van der Waals surface area (Å²) in [5, 5.41) is 6.43. The molecule has 0 aromatic heterocycles. The van der Waals surface area contributed by atoms with Gasteiger partial charge in [0.2, 0.25) is 10.0 Å². The molecule has 0 aliphatic carbocycles. The lowest BCUT2D eigenvalue weighted by Crippen LogP contribution is -2.29. The molecule has 0 radical (unpaired) electrons. The number of alkyl halides is 2. The van der Waals surface area contributed by atoms with Gasteiger partial charge in [-0.3, -0.25) is 4.79 Å². The number of hydrogen-bond donors (Lipinski definition) is 2. The Bertz CT molecular complexity index is 610. The molecule has 1 rings (SSSR count). The first-order valence-electron chi connectivity index (χ1n) is 4.71. The fourth-order valence-corrected chi connectivity index (χ4v) is 2.98. The normalized spacial score (nSPS) is 11.7. The fourth-order valence-electron chi connectivity index (χ4n) is 1.20. The lowest BCUT2D eigenvalue weighted by Gasteiger charge is -2.10. The van der Waals surface area contributed by atoms with Gasteiger partial charge in [-0.15, -0.1) is 0 Å². The van der Waals surface area contributed by atoms with E-state index < -0.39 is 38.8 Å². The maximum Gasteiger partial charge on any atom is 0.255 e. The quantitative estimate of drug-likeness (QED) is 0.837. The number of carbonyl (C=O) groups is 1. The van der Waals surface area contributed by atoms with E-state index in [4.69, 9.17) is 16.7 Å². The van der Waals surface area contributed by atoms with Crippen LogP contribution in [-0.4, -0.2) is 27.3 Å². The molecule has 0 unspecified atom stereocenters. The molecule has 1 aromatic carbocycles. The predicted octanol–water partition coefficient (Wildman–Crippen LogP) is 1.74. The van der Waals surface area contributed by atoms with Crippen molar-refractivity contribution in [2.24, 2.45) is 5.14 Å². The van der Waals surface area contributed by atoms with Crippen molar-refractivity contribution in [3.05, 3.63) is 27.2 Å². The Morgan fingerprint density at radius 1 is 1.47 bits per heavy atom. The van der Waals surface area contributed by atoms with Gasteiger partial charge in [0, 0.05) is 4.47 Å². The van der Waals surface area contributed by atoms with E-state index in [-0.39, 0.29) is 10.0 Å². The van der Waals surface area contributed by atoms with Gasteiger partial charge in [0.05, 0.1) is 17.1 Å². The highest BCUT2D eigenvalue weighted by molar-refractivity contribution is 9.10. The molecular weight excluding hydrogens is 370 g/mol. The number of primary sulfonamides is 1. The zero-order chi connectivity index (χ0) is 14.8. The number of carbonyl (C=O) groups excluding carboxylic acids is 1. The molecule has 0 fully saturated rings. The van der Waals surface area contributed by atoms with Crippen LogP contribution in [0.3, 0.4) is 0 Å². The first-order valence-corrected chi connectivity index (χ1v) is 7.43. The third-order valence-electron chi connectivity index (χ3n) is 1.97. The van der Waals surface area contributed by atoms with Crippen molar-refractivity contribution in [1.82, 2.24) is 5.32 Å². The molecule has 10 heteroatoms. The van der Waals surface area contributed by atoms with Gasteiger partial charge in [-0.05, 0) is 12.1 Å². The molecule has 0 atom stereocenters. The summed E-state index contributed by atoms with van der Waals surface area (Å²) in [7, 11) is -4.13. The van der Waals surface area contributed by atoms with Crippen molar-refractivity contribution >= 4 is 43.5 Å². The molecule has 19 heavy (non-hydrogen) atoms. The standard InChI is InChI=1S/C9H8BrClF2N2O3S/c10-4-1-5(9(16)15-3-7(12)13)8(11)6(2-4)19(14,17)18/h1-2,7H,3H2,(H,15,16)(H2,14,17,18). The van der Waals surface area contributed by atoms with Crippen molar-refractivity contribution in [2.75, 3.05) is 6.54 Å². The van der Waals surface area contributed by atoms with Crippen LogP contribution in [0, 0.1) is 0 Å². The summed E-state index contributed by atoms with van der Waals surface area (Å²) in [5.74, 6) is -0.920. The number of nitrogens with one attached hydrogen (secondary N) is 1. The lowest BCUT2D eigenvalue weighted by molar-refractivity contribution is 0.0891. The summed E-state index contributed by atoms with van der Waals surface area (Å²) in [6, 6.07) is 2.32. The minimum Gasteiger partial charge on any atom is -0.346 e. The van der Waals surface area contributed by atoms with Crippen LogP contribution in [0.25, 0.3) is 0 Å². The van der Waals surface area contributed by atoms with E-state index in [1.807, 2.05) is 5.32 Å². The molecule has 0 aliphatic heterocycles. The number of halogens is 4. The van der Waals surface area contributed by atoms with Gasteiger partial charge < -0.3 is 5.32 Å². The third-order valence-corrected chi connectivity index (χ3v) is 3.88. The Labute approximate surface area is 121 Å². The van der Waals surface area contributed by atoms with Gasteiger partial charge in [-0.25, -0.2) is 22.3 Å². The van der Waals surface area contributed by atoms with Crippen molar-refractivity contribution in [1.29, 1.82) is 0 Å². The number of hydrogen-bond acceptors (Lipinski definition) is 3. The summed E-state index contributed by atoms with van der Waals surface area (Å²) in [6.45, 7) is -0.869. The van der Waals surface area contributed by atoms with E-state index in [2.05, 4.69) is 15.9 Å². The predicted molar refractivity (Wildman–Crippen MR) is 68.9 cm³/mol. The molecule has 1 amide bonds. The summed E-state index contributed by atoms with van der Waals surface area (Å²) in [6.07, 6.45) is -2.73. The topological polar surface area (TPSA) is 89.3 Å². The van der Waals surface area contributed by atoms with Crippen LogP contribution >= 0.6 is 27.5 Å². The van der Waals surface area contributed by atoms with Crippen molar-refractivity contribution < 1.29 is 22.0 Å². The first kappa shape index (κ1) is 16.3. The highest BCUT2D eigenvalue weighted by Crippen LogP contribution is 2.28. The Hall–Kier alpha value is -0.770. The smallest absolute Gasteiger partial charge is 0.255 e. The second kappa shape index (κ2) is 6.12. The molecule has 106 valence electrons. The Kier molecular flexibility index (Phi) is 5.25. The molecule has 0 heterocycles. The van der Waals surface area contributed by atoms with Crippen LogP contribution in [-0.2, 0) is 10.0 Å². The van der Waals surface area contributed by atoms with E-state index in [0.717, 1.165) is 6.07 Å². The molecule has 0 aliphatic rings. The fraction of sp³-hybridized carbons (Fsp3) is 0.222. The average molecular weight is 378 g/mol. The van der Waals surface area contributed by atoms with Crippen molar-refractivity contribution in [2.45, 2.75) is 11.3 Å². The van der Waals surface area contributed by atoms with Gasteiger partial charge in [-0.2, -0.15) is 0 Å². The minimum atomic E-state index is -4.13. The van der Waals surface area contributed by atoms with Crippen LogP contribution in [0.5, 0.6) is 0 Å². The molecular formula is C9H8BrClF2N2O3S. The SMILES string of the molecule is NS(=O)(=O)c1cc(Br)cc(C(=O)NCC(F)F)c1Cl. The summed E-state index contributed by atoms with van der Waals surface area (Å²) in [4.78, 5) is 11.1. The minimum absolute atomic E-state index is 0.225. The second-order valence-electron chi connectivity index (χ2n) is 3.41. The molecule has 0 saturated heterocycles. The second-order valence-corrected chi connectivity index (χ2v) is 6.24. The van der Waals surface area contributed by atoms with Gasteiger partial charge in [0.25, 0.3) is 12.3 Å². The summed E-state index contributed by atoms with van der Waals surface area (Å²) < 4.78 is 46.7. The van der Waals surface area contributed by atoms with Crippen LogP contribution in [0.15, 0.2) is 21.5 Å². The monoisotopic (exact) mass is 376 g/mol. The van der Waals surface area contributed by atoms with Crippen molar-refractivity contribution in [3.8, 4) is 0 Å². The number of benzene rings is 1. The van der Waals surface area contributed by atoms with Gasteiger partial charge >= 0.3 is 0 Å². The average Bonchev–Trinajstić information content (AvgIpc) is 2.27. The molecule has 3 N–H and O–H groups in total. The maximum absolute atomic E-state index is 12.0. The number of amides is 1. The molecule has 0 spiro atoms. The Morgan fingerprint density at radius 3 is 2.53 bits per heavy atom. The number of rotatable bonds is 4. The highest BCUT2D eigenvalue weighted by Gasteiger charge is 2.21. The third kappa shape index (κ3) is 4.37.